The number of H-pyrrole nitrogens is 1. The van der Waals surface area contributed by atoms with Crippen molar-refractivity contribution in [2.75, 3.05) is 18.0 Å². The minimum absolute atomic E-state index is 0.0869. The second-order valence-corrected chi connectivity index (χ2v) is 8.74. The molecule has 0 spiro atoms. The van der Waals surface area contributed by atoms with Gasteiger partial charge in [0.05, 0.1) is 15.4 Å². The fraction of sp³-hybridized carbons (Fsp3) is 0.429. The summed E-state index contributed by atoms with van der Waals surface area (Å²) < 4.78 is 1.65. The zero-order chi connectivity index (χ0) is 20.1. The summed E-state index contributed by atoms with van der Waals surface area (Å²) in [7, 11) is 1.79. The maximum atomic E-state index is 13.2. The van der Waals surface area contributed by atoms with Gasteiger partial charge >= 0.3 is 0 Å². The lowest BCUT2D eigenvalue weighted by Gasteiger charge is -2.39. The molecule has 148 valence electrons. The van der Waals surface area contributed by atoms with Crippen LogP contribution in [0.25, 0.3) is 22.2 Å². The van der Waals surface area contributed by atoms with Crippen molar-refractivity contribution in [2.45, 2.75) is 33.1 Å². The van der Waals surface area contributed by atoms with E-state index in [2.05, 4.69) is 23.7 Å². The molecule has 1 aromatic carbocycles. The third kappa shape index (κ3) is 3.11. The molecule has 3 aromatic rings. The van der Waals surface area contributed by atoms with Gasteiger partial charge in [0.25, 0.3) is 5.56 Å². The Morgan fingerprint density at radius 3 is 2.61 bits per heavy atom. The summed E-state index contributed by atoms with van der Waals surface area (Å²) in [5.41, 5.74) is 2.31. The number of hydrogen-bond acceptors (Lipinski definition) is 3. The van der Waals surface area contributed by atoms with Crippen LogP contribution >= 0.6 is 23.2 Å². The topological polar surface area (TPSA) is 53.9 Å². The Hall–Kier alpha value is -1.98. The van der Waals surface area contributed by atoms with E-state index < -0.39 is 0 Å². The molecule has 1 fully saturated rings. The highest BCUT2D eigenvalue weighted by molar-refractivity contribution is 6.43. The maximum absolute atomic E-state index is 13.2. The van der Waals surface area contributed by atoms with E-state index in [9.17, 15) is 4.79 Å². The molecule has 0 bridgehead atoms. The molecule has 1 saturated heterocycles. The molecule has 0 amide bonds. The molecule has 4 rings (SSSR count). The Morgan fingerprint density at radius 1 is 1.21 bits per heavy atom. The van der Waals surface area contributed by atoms with Crippen molar-refractivity contribution < 1.29 is 0 Å². The van der Waals surface area contributed by atoms with Crippen LogP contribution in [0.15, 0.2) is 29.2 Å². The van der Waals surface area contributed by atoms with Crippen molar-refractivity contribution >= 4 is 40.2 Å². The number of nitrogens with zero attached hydrogens (tertiary/aromatic N) is 3. The van der Waals surface area contributed by atoms with Crippen molar-refractivity contribution in [1.82, 2.24) is 14.5 Å². The Labute approximate surface area is 174 Å². The number of aromatic amines is 1. The summed E-state index contributed by atoms with van der Waals surface area (Å²) in [6, 6.07) is 5.42. The molecule has 0 aliphatic carbocycles. The number of benzene rings is 1. The van der Waals surface area contributed by atoms with Gasteiger partial charge in [-0.1, -0.05) is 55.6 Å². The van der Waals surface area contributed by atoms with E-state index in [0.717, 1.165) is 37.1 Å². The smallest absolute Gasteiger partial charge is 0.264 e. The van der Waals surface area contributed by atoms with Crippen LogP contribution in [0, 0.1) is 5.41 Å². The summed E-state index contributed by atoms with van der Waals surface area (Å²) in [6.45, 7) is 6.40. The molecule has 5 nitrogen and oxygen atoms in total. The van der Waals surface area contributed by atoms with Crippen LogP contribution in [0.5, 0.6) is 0 Å². The zero-order valence-corrected chi connectivity index (χ0v) is 17.9. The fourth-order valence-corrected chi connectivity index (χ4v) is 4.36. The van der Waals surface area contributed by atoms with E-state index in [1.807, 2.05) is 12.1 Å². The van der Waals surface area contributed by atoms with Gasteiger partial charge < -0.3 is 9.88 Å². The van der Waals surface area contributed by atoms with Crippen LogP contribution in [0.1, 0.15) is 33.1 Å². The molecule has 0 atom stereocenters. The van der Waals surface area contributed by atoms with E-state index in [-0.39, 0.29) is 5.56 Å². The highest BCUT2D eigenvalue weighted by atomic mass is 35.5. The van der Waals surface area contributed by atoms with Crippen LogP contribution in [0.4, 0.5) is 5.95 Å². The van der Waals surface area contributed by atoms with Gasteiger partial charge in [-0.05, 0) is 24.3 Å². The van der Waals surface area contributed by atoms with E-state index in [1.165, 1.54) is 6.42 Å². The normalized spacial score (nSPS) is 16.7. The molecule has 0 radical (unpaired) electrons. The number of hydrogen-bond donors (Lipinski definition) is 1. The van der Waals surface area contributed by atoms with Crippen molar-refractivity contribution in [3.63, 3.8) is 0 Å². The summed E-state index contributed by atoms with van der Waals surface area (Å²) in [4.78, 5) is 23.4. The fourth-order valence-electron chi connectivity index (χ4n) is 3.96. The van der Waals surface area contributed by atoms with Crippen molar-refractivity contribution in [2.24, 2.45) is 12.5 Å². The Morgan fingerprint density at radius 2 is 1.93 bits per heavy atom. The van der Waals surface area contributed by atoms with Crippen LogP contribution in [-0.2, 0) is 7.05 Å². The molecular weight excluding hydrogens is 395 g/mol. The molecule has 2 aromatic heterocycles. The molecule has 1 aliphatic heterocycles. The third-order valence-electron chi connectivity index (χ3n) is 6.24. The predicted molar refractivity (Wildman–Crippen MR) is 117 cm³/mol. The second kappa shape index (κ2) is 7.12. The van der Waals surface area contributed by atoms with Gasteiger partial charge in [-0.25, -0.2) is 0 Å². The molecule has 7 heteroatoms. The maximum Gasteiger partial charge on any atom is 0.264 e. The minimum Gasteiger partial charge on any atom is -0.345 e. The van der Waals surface area contributed by atoms with E-state index in [0.29, 0.717) is 32.4 Å². The molecule has 28 heavy (non-hydrogen) atoms. The van der Waals surface area contributed by atoms with Gasteiger partial charge in [-0.15, -0.1) is 0 Å². The number of fused-ring (bicyclic) bond motifs is 1. The van der Waals surface area contributed by atoms with Gasteiger partial charge in [-0.2, -0.15) is 4.98 Å². The van der Waals surface area contributed by atoms with Gasteiger partial charge in [0.1, 0.15) is 5.65 Å². The first-order chi connectivity index (χ1) is 13.3. The monoisotopic (exact) mass is 418 g/mol. The minimum atomic E-state index is -0.0869. The van der Waals surface area contributed by atoms with E-state index >= 15 is 0 Å². The summed E-state index contributed by atoms with van der Waals surface area (Å²) in [5.74, 6) is 0.709. The van der Waals surface area contributed by atoms with E-state index in [1.54, 1.807) is 23.9 Å². The lowest BCUT2D eigenvalue weighted by atomic mass is 9.78. The largest absolute Gasteiger partial charge is 0.345 e. The quantitative estimate of drug-likeness (QED) is 0.631. The molecule has 0 unspecified atom stereocenters. The SMILES string of the molecule is CCC1(C)CCN(c2nc3[nH]cc(-c4cccc(Cl)c4Cl)c3c(=O)n2C)CC1. The lowest BCUT2D eigenvalue weighted by Crippen LogP contribution is -2.41. The van der Waals surface area contributed by atoms with E-state index in [4.69, 9.17) is 28.2 Å². The number of rotatable bonds is 3. The molecule has 3 heterocycles. The first-order valence-corrected chi connectivity index (χ1v) is 10.4. The lowest BCUT2D eigenvalue weighted by molar-refractivity contribution is 0.236. The number of halogens is 2. The average molecular weight is 419 g/mol. The summed E-state index contributed by atoms with van der Waals surface area (Å²) in [5, 5.41) is 1.43. The molecule has 0 saturated carbocycles. The number of aromatic nitrogens is 3. The second-order valence-electron chi connectivity index (χ2n) is 7.95. The van der Waals surface area contributed by atoms with Crippen LogP contribution < -0.4 is 10.5 Å². The summed E-state index contributed by atoms with van der Waals surface area (Å²) >= 11 is 12.6. The van der Waals surface area contributed by atoms with Crippen LogP contribution in [0.3, 0.4) is 0 Å². The number of piperidine rings is 1. The van der Waals surface area contributed by atoms with Gasteiger partial charge in [0, 0.05) is 37.5 Å². The zero-order valence-electron chi connectivity index (χ0n) is 16.4. The number of anilines is 1. The van der Waals surface area contributed by atoms with Gasteiger partial charge in [0.2, 0.25) is 5.95 Å². The average Bonchev–Trinajstić information content (AvgIpc) is 3.11. The summed E-state index contributed by atoms with van der Waals surface area (Å²) in [6.07, 6.45) is 5.16. The van der Waals surface area contributed by atoms with Crippen molar-refractivity contribution in [1.29, 1.82) is 0 Å². The predicted octanol–water partition coefficient (Wildman–Crippen LogP) is 5.25. The van der Waals surface area contributed by atoms with Crippen LogP contribution in [-0.4, -0.2) is 27.6 Å². The highest BCUT2D eigenvalue weighted by Gasteiger charge is 2.30. The van der Waals surface area contributed by atoms with Gasteiger partial charge in [0.15, 0.2) is 0 Å². The third-order valence-corrected chi connectivity index (χ3v) is 7.06. The Kier molecular flexibility index (Phi) is 4.92. The van der Waals surface area contributed by atoms with Crippen LogP contribution in [0.2, 0.25) is 10.0 Å². The highest BCUT2D eigenvalue weighted by Crippen LogP contribution is 2.37. The standard InChI is InChI=1S/C21H24Cl2N4O/c1-4-21(2)8-10-27(11-9-21)20-25-18-16(19(28)26(20)3)14(12-24-18)13-6-5-7-15(22)17(13)23/h5-7,12,24H,4,8-11H2,1-3H3. The number of nitrogens with one attached hydrogen (secondary N) is 1. The molecular formula is C21H24Cl2N4O. The first kappa shape index (κ1) is 19.3. The Balaban J connectivity index is 1.79. The molecule has 1 aliphatic rings. The first-order valence-electron chi connectivity index (χ1n) is 9.62. The van der Waals surface area contributed by atoms with Crippen molar-refractivity contribution in [3.05, 3.63) is 44.8 Å². The van der Waals surface area contributed by atoms with Crippen molar-refractivity contribution in [3.8, 4) is 11.1 Å². The Bertz CT molecular complexity index is 1090. The molecule has 1 N–H and O–H groups in total. The van der Waals surface area contributed by atoms with Gasteiger partial charge in [-0.3, -0.25) is 9.36 Å².